The summed E-state index contributed by atoms with van der Waals surface area (Å²) in [5.41, 5.74) is 2.30. The molecular weight excluding hydrogens is 372 g/mol. The van der Waals surface area contributed by atoms with Crippen molar-refractivity contribution in [2.45, 2.75) is 38.8 Å². The number of para-hydroxylation sites is 2. The van der Waals surface area contributed by atoms with Crippen LogP contribution in [0.15, 0.2) is 48.5 Å². The van der Waals surface area contributed by atoms with Crippen LogP contribution < -0.4 is 15.0 Å². The van der Waals surface area contributed by atoms with Crippen LogP contribution >= 0.6 is 0 Å². The van der Waals surface area contributed by atoms with E-state index in [1.54, 1.807) is 30.0 Å². The van der Waals surface area contributed by atoms with Crippen molar-refractivity contribution in [3.05, 3.63) is 59.7 Å². The Morgan fingerprint density at radius 1 is 1.17 bits per heavy atom. The van der Waals surface area contributed by atoms with Crippen molar-refractivity contribution in [1.29, 1.82) is 0 Å². The molecule has 0 bridgehead atoms. The van der Waals surface area contributed by atoms with E-state index < -0.39 is 18.1 Å². The number of ether oxygens (including phenoxy) is 1. The van der Waals surface area contributed by atoms with Crippen LogP contribution in [-0.4, -0.2) is 35.5 Å². The molecule has 29 heavy (non-hydrogen) atoms. The normalized spacial score (nSPS) is 16.6. The third kappa shape index (κ3) is 4.74. The third-order valence-electron chi connectivity index (χ3n) is 4.91. The highest BCUT2D eigenvalue weighted by molar-refractivity contribution is 6.00. The van der Waals surface area contributed by atoms with Crippen LogP contribution in [0.1, 0.15) is 36.9 Å². The lowest BCUT2D eigenvalue weighted by Crippen LogP contribution is -2.46. The lowest BCUT2D eigenvalue weighted by molar-refractivity contribution is -0.137. The van der Waals surface area contributed by atoms with Gasteiger partial charge in [0.05, 0.1) is 18.2 Å². The fourth-order valence-electron chi connectivity index (χ4n) is 3.46. The van der Waals surface area contributed by atoms with Crippen molar-refractivity contribution in [3.63, 3.8) is 0 Å². The van der Waals surface area contributed by atoms with Gasteiger partial charge in [-0.3, -0.25) is 14.4 Å². The zero-order chi connectivity index (χ0) is 21.0. The van der Waals surface area contributed by atoms with Crippen LogP contribution in [0.2, 0.25) is 0 Å². The van der Waals surface area contributed by atoms with Crippen LogP contribution in [0.3, 0.4) is 0 Å². The number of benzene rings is 2. The fourth-order valence-corrected chi connectivity index (χ4v) is 3.46. The second kappa shape index (κ2) is 8.77. The van der Waals surface area contributed by atoms with Crippen molar-refractivity contribution in [2.24, 2.45) is 0 Å². The standard InChI is InChI=1S/C22H24N2O5/c1-14-7-3-4-8-16(14)17(13-21(26)27)23-20(25)11-12-24-18-9-5-6-10-19(18)29-15(2)22(24)28/h3-10,15,17H,11-13H2,1-2H3,(H,23,25)(H,26,27). The molecule has 2 N–H and O–H groups in total. The lowest BCUT2D eigenvalue weighted by Gasteiger charge is -2.33. The molecule has 2 atom stereocenters. The third-order valence-corrected chi connectivity index (χ3v) is 4.91. The van der Waals surface area contributed by atoms with Crippen molar-refractivity contribution >= 4 is 23.5 Å². The minimum absolute atomic E-state index is 0.0504. The number of carbonyl (C=O) groups excluding carboxylic acids is 2. The zero-order valence-corrected chi connectivity index (χ0v) is 16.4. The van der Waals surface area contributed by atoms with Crippen LogP contribution in [0, 0.1) is 6.92 Å². The van der Waals surface area contributed by atoms with Gasteiger partial charge in [-0.25, -0.2) is 0 Å². The van der Waals surface area contributed by atoms with Gasteiger partial charge in [-0.15, -0.1) is 0 Å². The molecule has 2 aromatic rings. The molecule has 2 unspecified atom stereocenters. The van der Waals surface area contributed by atoms with Crippen molar-refractivity contribution in [1.82, 2.24) is 5.32 Å². The number of carbonyl (C=O) groups is 3. The summed E-state index contributed by atoms with van der Waals surface area (Å²) < 4.78 is 5.60. The van der Waals surface area contributed by atoms with Crippen LogP contribution in [0.4, 0.5) is 5.69 Å². The molecule has 0 aromatic heterocycles. The molecule has 152 valence electrons. The monoisotopic (exact) mass is 396 g/mol. The first-order valence-electron chi connectivity index (χ1n) is 9.50. The number of fused-ring (bicyclic) bond motifs is 1. The molecule has 1 heterocycles. The second-order valence-electron chi connectivity index (χ2n) is 7.04. The summed E-state index contributed by atoms with van der Waals surface area (Å²) in [6, 6.07) is 13.9. The molecule has 0 radical (unpaired) electrons. The molecule has 0 spiro atoms. The number of hydrogen-bond donors (Lipinski definition) is 2. The number of aliphatic carboxylic acids is 1. The van der Waals surface area contributed by atoms with E-state index >= 15 is 0 Å². The molecule has 0 fully saturated rings. The SMILES string of the molecule is Cc1ccccc1C(CC(=O)O)NC(=O)CCN1C(=O)C(C)Oc2ccccc21. The molecule has 1 aliphatic rings. The molecule has 2 amide bonds. The highest BCUT2D eigenvalue weighted by Crippen LogP contribution is 2.33. The first-order valence-corrected chi connectivity index (χ1v) is 9.50. The second-order valence-corrected chi connectivity index (χ2v) is 7.04. The largest absolute Gasteiger partial charge is 0.481 e. The minimum Gasteiger partial charge on any atom is -0.481 e. The van der Waals surface area contributed by atoms with E-state index in [9.17, 15) is 19.5 Å². The van der Waals surface area contributed by atoms with E-state index in [-0.39, 0.29) is 31.2 Å². The van der Waals surface area contributed by atoms with Gasteiger partial charge in [0.15, 0.2) is 6.10 Å². The van der Waals surface area contributed by atoms with Crippen molar-refractivity contribution in [2.75, 3.05) is 11.4 Å². The molecule has 3 rings (SSSR count). The van der Waals surface area contributed by atoms with Gasteiger partial charge in [-0.05, 0) is 37.1 Å². The Morgan fingerprint density at radius 3 is 2.59 bits per heavy atom. The van der Waals surface area contributed by atoms with E-state index in [1.165, 1.54) is 0 Å². The summed E-state index contributed by atoms with van der Waals surface area (Å²) in [4.78, 5) is 37.9. The zero-order valence-electron chi connectivity index (χ0n) is 16.4. The van der Waals surface area contributed by atoms with Crippen molar-refractivity contribution in [3.8, 4) is 5.75 Å². The van der Waals surface area contributed by atoms with E-state index in [4.69, 9.17) is 4.74 Å². The Labute approximate surface area is 169 Å². The number of hydrogen-bond acceptors (Lipinski definition) is 4. The van der Waals surface area contributed by atoms with Crippen LogP contribution in [0.5, 0.6) is 5.75 Å². The Balaban J connectivity index is 1.70. The van der Waals surface area contributed by atoms with Gasteiger partial charge in [0.1, 0.15) is 5.75 Å². The molecular formula is C22H24N2O5. The van der Waals surface area contributed by atoms with Gasteiger partial charge < -0.3 is 20.1 Å². The van der Waals surface area contributed by atoms with E-state index in [1.807, 2.05) is 37.3 Å². The summed E-state index contributed by atoms with van der Waals surface area (Å²) in [6.45, 7) is 3.73. The first-order chi connectivity index (χ1) is 13.9. The molecule has 7 heteroatoms. The van der Waals surface area contributed by atoms with E-state index in [2.05, 4.69) is 5.32 Å². The number of anilines is 1. The first kappa shape index (κ1) is 20.4. The summed E-state index contributed by atoms with van der Waals surface area (Å²) in [5.74, 6) is -0.922. The Bertz CT molecular complexity index is 927. The summed E-state index contributed by atoms with van der Waals surface area (Å²) in [5, 5.41) is 12.0. The smallest absolute Gasteiger partial charge is 0.305 e. The summed E-state index contributed by atoms with van der Waals surface area (Å²) in [6.07, 6.45) is -0.790. The maximum Gasteiger partial charge on any atom is 0.305 e. The van der Waals surface area contributed by atoms with Gasteiger partial charge >= 0.3 is 5.97 Å². The van der Waals surface area contributed by atoms with Crippen LogP contribution in [-0.2, 0) is 14.4 Å². The Hall–Kier alpha value is -3.35. The number of nitrogens with one attached hydrogen (secondary N) is 1. The Morgan fingerprint density at radius 2 is 1.86 bits per heavy atom. The van der Waals surface area contributed by atoms with Crippen molar-refractivity contribution < 1.29 is 24.2 Å². The van der Waals surface area contributed by atoms with Gasteiger partial charge in [-0.2, -0.15) is 0 Å². The fraction of sp³-hybridized carbons (Fsp3) is 0.318. The minimum atomic E-state index is -0.996. The number of aryl methyl sites for hydroxylation is 1. The average Bonchev–Trinajstić information content (AvgIpc) is 2.68. The van der Waals surface area contributed by atoms with Gasteiger partial charge in [-0.1, -0.05) is 36.4 Å². The lowest BCUT2D eigenvalue weighted by atomic mass is 9.98. The van der Waals surface area contributed by atoms with E-state index in [0.29, 0.717) is 11.4 Å². The summed E-state index contributed by atoms with van der Waals surface area (Å²) in [7, 11) is 0. The highest BCUT2D eigenvalue weighted by Gasteiger charge is 2.31. The van der Waals surface area contributed by atoms with Crippen LogP contribution in [0.25, 0.3) is 0 Å². The molecule has 0 aliphatic carbocycles. The van der Waals surface area contributed by atoms with Gasteiger partial charge in [0.2, 0.25) is 5.91 Å². The number of carboxylic acids is 1. The topological polar surface area (TPSA) is 95.9 Å². The molecule has 2 aromatic carbocycles. The quantitative estimate of drug-likeness (QED) is 0.750. The molecule has 1 aliphatic heterocycles. The maximum absolute atomic E-state index is 12.6. The Kier molecular flexibility index (Phi) is 6.16. The molecule has 0 saturated carbocycles. The van der Waals surface area contributed by atoms with Gasteiger partial charge in [0.25, 0.3) is 5.91 Å². The average molecular weight is 396 g/mol. The predicted molar refractivity (Wildman–Crippen MR) is 108 cm³/mol. The van der Waals surface area contributed by atoms with E-state index in [0.717, 1.165) is 11.1 Å². The highest BCUT2D eigenvalue weighted by atomic mass is 16.5. The summed E-state index contributed by atoms with van der Waals surface area (Å²) >= 11 is 0. The van der Waals surface area contributed by atoms with Gasteiger partial charge in [0, 0.05) is 13.0 Å². The molecule has 7 nitrogen and oxygen atoms in total. The number of rotatable bonds is 7. The predicted octanol–water partition coefficient (Wildman–Crippen LogP) is 2.83. The number of amides is 2. The maximum atomic E-state index is 12.6. The number of carboxylic acid groups (broad SMARTS) is 1. The molecule has 0 saturated heterocycles. The number of nitrogens with zero attached hydrogens (tertiary/aromatic N) is 1.